The molecule has 1 unspecified atom stereocenters. The van der Waals surface area contributed by atoms with E-state index in [4.69, 9.17) is 16.3 Å². The topological polar surface area (TPSA) is 39.1 Å². The predicted octanol–water partition coefficient (Wildman–Crippen LogP) is 2.70. The smallest absolute Gasteiger partial charge is 0.121 e. The second-order valence-electron chi connectivity index (χ2n) is 4.45. The Kier molecular flexibility index (Phi) is 4.12. The molecule has 1 aromatic carbocycles. The minimum absolute atomic E-state index is 0.00426. The Hall–Kier alpha value is -1.52. The molecule has 0 saturated heterocycles. The fourth-order valence-electron chi connectivity index (χ4n) is 2.29. The van der Waals surface area contributed by atoms with Gasteiger partial charge >= 0.3 is 0 Å². The number of nitrogens with one attached hydrogen (secondary N) is 1. The molecule has 0 fully saturated rings. The summed E-state index contributed by atoms with van der Waals surface area (Å²) in [6.07, 6.45) is 1.66. The van der Waals surface area contributed by atoms with Crippen molar-refractivity contribution in [1.29, 1.82) is 0 Å². The van der Waals surface area contributed by atoms with Gasteiger partial charge in [0.15, 0.2) is 0 Å². The van der Waals surface area contributed by atoms with Gasteiger partial charge in [0.2, 0.25) is 0 Å². The van der Waals surface area contributed by atoms with Crippen molar-refractivity contribution in [3.05, 3.63) is 46.2 Å². The number of nitrogens with zero attached hydrogens (tertiary/aromatic N) is 2. The average molecular weight is 280 g/mol. The number of methoxy groups -OCH3 is 1. The van der Waals surface area contributed by atoms with Crippen molar-refractivity contribution in [3.8, 4) is 5.75 Å². The maximum Gasteiger partial charge on any atom is 0.121 e. The second-order valence-corrected chi connectivity index (χ2v) is 4.86. The predicted molar refractivity (Wildman–Crippen MR) is 76.9 cm³/mol. The van der Waals surface area contributed by atoms with E-state index < -0.39 is 0 Å². The summed E-state index contributed by atoms with van der Waals surface area (Å²) in [4.78, 5) is 0. The van der Waals surface area contributed by atoms with Gasteiger partial charge in [0, 0.05) is 7.05 Å². The highest BCUT2D eigenvalue weighted by Gasteiger charge is 2.20. The van der Waals surface area contributed by atoms with Gasteiger partial charge in [-0.25, -0.2) is 0 Å². The number of ether oxygens (including phenoxy) is 1. The fraction of sp³-hybridized carbons (Fsp3) is 0.357. The lowest BCUT2D eigenvalue weighted by Gasteiger charge is -2.19. The van der Waals surface area contributed by atoms with E-state index in [1.165, 1.54) is 0 Å². The van der Waals surface area contributed by atoms with Gasteiger partial charge < -0.3 is 10.1 Å². The number of hydrogen-bond donors (Lipinski definition) is 1. The Morgan fingerprint density at radius 2 is 2.16 bits per heavy atom. The summed E-state index contributed by atoms with van der Waals surface area (Å²) < 4.78 is 7.08. The largest absolute Gasteiger partial charge is 0.496 e. The molecule has 0 aliphatic heterocycles. The van der Waals surface area contributed by atoms with E-state index in [1.54, 1.807) is 18.0 Å². The molecule has 19 heavy (non-hydrogen) atoms. The molecule has 0 aliphatic rings. The summed E-state index contributed by atoms with van der Waals surface area (Å²) in [5.74, 6) is 0.884. The highest BCUT2D eigenvalue weighted by atomic mass is 35.5. The lowest BCUT2D eigenvalue weighted by molar-refractivity contribution is 0.411. The van der Waals surface area contributed by atoms with Crippen LogP contribution in [0.1, 0.15) is 22.9 Å². The van der Waals surface area contributed by atoms with Gasteiger partial charge in [0.1, 0.15) is 5.75 Å². The number of aromatic nitrogens is 2. The Morgan fingerprint density at radius 1 is 1.42 bits per heavy atom. The van der Waals surface area contributed by atoms with Crippen LogP contribution in [0.15, 0.2) is 24.4 Å². The van der Waals surface area contributed by atoms with Crippen LogP contribution in [0.5, 0.6) is 5.75 Å². The molecule has 0 spiro atoms. The highest BCUT2D eigenvalue weighted by Crippen LogP contribution is 2.30. The molecule has 0 bridgehead atoms. The second kappa shape index (κ2) is 5.63. The molecular weight excluding hydrogens is 262 g/mol. The summed E-state index contributed by atoms with van der Waals surface area (Å²) in [5.41, 5.74) is 3.18. The van der Waals surface area contributed by atoms with Gasteiger partial charge in [-0.05, 0) is 31.2 Å². The number of benzene rings is 1. The van der Waals surface area contributed by atoms with Crippen molar-refractivity contribution >= 4 is 11.6 Å². The van der Waals surface area contributed by atoms with Crippen molar-refractivity contribution in [2.75, 3.05) is 14.2 Å². The monoisotopic (exact) mass is 279 g/mol. The quantitative estimate of drug-likeness (QED) is 0.935. The van der Waals surface area contributed by atoms with E-state index in [9.17, 15) is 0 Å². The number of hydrogen-bond acceptors (Lipinski definition) is 3. The molecule has 0 amide bonds. The van der Waals surface area contributed by atoms with E-state index in [2.05, 4.69) is 16.5 Å². The zero-order valence-electron chi connectivity index (χ0n) is 11.6. The van der Waals surface area contributed by atoms with E-state index in [1.807, 2.05) is 33.2 Å². The van der Waals surface area contributed by atoms with Crippen LogP contribution >= 0.6 is 11.6 Å². The first-order valence-electron chi connectivity index (χ1n) is 6.07. The van der Waals surface area contributed by atoms with Gasteiger partial charge in [-0.15, -0.1) is 0 Å². The zero-order valence-corrected chi connectivity index (χ0v) is 12.3. The van der Waals surface area contributed by atoms with Gasteiger partial charge in [-0.1, -0.05) is 23.7 Å². The summed E-state index contributed by atoms with van der Waals surface area (Å²) in [7, 11) is 5.48. The van der Waals surface area contributed by atoms with Crippen LogP contribution in [-0.2, 0) is 7.05 Å². The lowest BCUT2D eigenvalue weighted by atomic mass is 10.0. The normalized spacial score (nSPS) is 12.5. The molecule has 4 nitrogen and oxygen atoms in total. The van der Waals surface area contributed by atoms with Crippen molar-refractivity contribution in [3.63, 3.8) is 0 Å². The average Bonchev–Trinajstić information content (AvgIpc) is 2.72. The van der Waals surface area contributed by atoms with Gasteiger partial charge in [-0.3, -0.25) is 4.68 Å². The van der Waals surface area contributed by atoms with Crippen molar-refractivity contribution in [2.45, 2.75) is 13.0 Å². The number of rotatable bonds is 4. The molecule has 1 N–H and O–H groups in total. The molecule has 2 rings (SSSR count). The lowest BCUT2D eigenvalue weighted by Crippen LogP contribution is -2.21. The van der Waals surface area contributed by atoms with Crippen molar-refractivity contribution in [1.82, 2.24) is 15.1 Å². The maximum absolute atomic E-state index is 6.22. The van der Waals surface area contributed by atoms with E-state index in [0.29, 0.717) is 5.02 Å². The Labute approximate surface area is 118 Å². The highest BCUT2D eigenvalue weighted by molar-refractivity contribution is 6.31. The SMILES string of the molecule is CNC(c1ccc(OC)c(C)c1)c1c(Cl)cnn1C. The van der Waals surface area contributed by atoms with E-state index >= 15 is 0 Å². The standard InChI is InChI=1S/C14H18ClN3O/c1-9-7-10(5-6-12(9)19-4)13(16-2)14-11(15)8-17-18(14)3/h5-8,13,16H,1-4H3. The summed E-state index contributed by atoms with van der Waals surface area (Å²) in [6, 6.07) is 6.11. The van der Waals surface area contributed by atoms with Crippen LogP contribution in [0.2, 0.25) is 5.02 Å². The van der Waals surface area contributed by atoms with E-state index in [-0.39, 0.29) is 6.04 Å². The van der Waals surface area contributed by atoms with Crippen molar-refractivity contribution in [2.24, 2.45) is 7.05 Å². The van der Waals surface area contributed by atoms with Crippen molar-refractivity contribution < 1.29 is 4.74 Å². The molecule has 0 aliphatic carbocycles. The third-order valence-electron chi connectivity index (χ3n) is 3.25. The summed E-state index contributed by atoms with van der Waals surface area (Å²) >= 11 is 6.22. The molecule has 102 valence electrons. The summed E-state index contributed by atoms with van der Waals surface area (Å²) in [5, 5.41) is 8.13. The number of halogens is 1. The first-order chi connectivity index (χ1) is 9.08. The molecule has 1 atom stereocenters. The van der Waals surface area contributed by atoms with Crippen LogP contribution in [0.25, 0.3) is 0 Å². The van der Waals surface area contributed by atoms with Crippen LogP contribution in [0.3, 0.4) is 0 Å². The fourth-order valence-corrected chi connectivity index (χ4v) is 2.56. The Balaban J connectivity index is 2.46. The number of aryl methyl sites for hydroxylation is 2. The van der Waals surface area contributed by atoms with E-state index in [0.717, 1.165) is 22.6 Å². The first kappa shape index (κ1) is 13.9. The Morgan fingerprint density at radius 3 is 2.63 bits per heavy atom. The maximum atomic E-state index is 6.22. The molecule has 1 aromatic heterocycles. The van der Waals surface area contributed by atoms with Gasteiger partial charge in [-0.2, -0.15) is 5.10 Å². The minimum atomic E-state index is 0.00426. The summed E-state index contributed by atoms with van der Waals surface area (Å²) in [6.45, 7) is 2.03. The minimum Gasteiger partial charge on any atom is -0.496 e. The van der Waals surface area contributed by atoms with Crippen LogP contribution in [0.4, 0.5) is 0 Å². The zero-order chi connectivity index (χ0) is 14.0. The Bertz CT molecular complexity index is 561. The van der Waals surface area contributed by atoms with Crippen LogP contribution < -0.4 is 10.1 Å². The third kappa shape index (κ3) is 2.60. The van der Waals surface area contributed by atoms with Crippen LogP contribution in [0, 0.1) is 6.92 Å². The van der Waals surface area contributed by atoms with Gasteiger partial charge in [0.05, 0.1) is 30.1 Å². The van der Waals surface area contributed by atoms with Gasteiger partial charge in [0.25, 0.3) is 0 Å². The molecule has 0 saturated carbocycles. The molecular formula is C14H18ClN3O. The molecule has 5 heteroatoms. The molecule has 0 radical (unpaired) electrons. The molecule has 1 heterocycles. The van der Waals surface area contributed by atoms with Crippen LogP contribution in [-0.4, -0.2) is 23.9 Å². The third-order valence-corrected chi connectivity index (χ3v) is 3.54. The molecule has 2 aromatic rings. The first-order valence-corrected chi connectivity index (χ1v) is 6.45.